The Morgan fingerprint density at radius 1 is 1.06 bits per heavy atom. The zero-order valence-corrected chi connectivity index (χ0v) is 19.8. The van der Waals surface area contributed by atoms with Gasteiger partial charge in [-0.3, -0.25) is 0 Å². The number of rotatable bonds is 7. The summed E-state index contributed by atoms with van der Waals surface area (Å²) >= 11 is 0. The zero-order chi connectivity index (χ0) is 23.6. The van der Waals surface area contributed by atoms with Crippen LogP contribution in [0.2, 0.25) is 0 Å². The fourth-order valence-electron chi connectivity index (χ4n) is 3.73. The van der Waals surface area contributed by atoms with Crippen LogP contribution < -0.4 is 4.74 Å². The average molecular weight is 439 g/mol. The number of allylic oxidation sites excluding steroid dienone is 1. The number of fused-ring (bicyclic) bond motifs is 1. The fraction of sp³-hybridized carbons (Fsp3) is 0.370. The number of esters is 1. The van der Waals surface area contributed by atoms with Crippen LogP contribution in [-0.4, -0.2) is 19.7 Å². The first-order chi connectivity index (χ1) is 15.2. The van der Waals surface area contributed by atoms with Crippen LogP contribution in [0.15, 0.2) is 46.6 Å². The number of furan rings is 1. The lowest BCUT2D eigenvalue weighted by atomic mass is 9.89. The Morgan fingerprint density at radius 2 is 1.78 bits per heavy atom. The van der Waals surface area contributed by atoms with E-state index >= 15 is 0 Å². The van der Waals surface area contributed by atoms with Gasteiger partial charge in [-0.1, -0.05) is 39.8 Å². The maximum absolute atomic E-state index is 14.4. The van der Waals surface area contributed by atoms with Crippen LogP contribution in [0.4, 0.5) is 4.39 Å². The van der Waals surface area contributed by atoms with Gasteiger partial charge in [-0.05, 0) is 66.6 Å². The van der Waals surface area contributed by atoms with Gasteiger partial charge in [-0.15, -0.1) is 0 Å². The number of hydrogen-bond acceptors (Lipinski definition) is 4. The molecule has 0 aliphatic heterocycles. The van der Waals surface area contributed by atoms with E-state index in [9.17, 15) is 9.18 Å². The van der Waals surface area contributed by atoms with E-state index in [0.717, 1.165) is 27.8 Å². The highest BCUT2D eigenvalue weighted by Gasteiger charge is 2.20. The van der Waals surface area contributed by atoms with Crippen LogP contribution in [0.25, 0.3) is 27.7 Å². The number of ether oxygens (including phenoxy) is 2. The molecule has 1 heterocycles. The molecule has 0 radical (unpaired) electrons. The quantitative estimate of drug-likeness (QED) is 0.281. The lowest BCUT2D eigenvalue weighted by Crippen LogP contribution is -2.05. The first-order valence-electron chi connectivity index (χ1n) is 11.0. The maximum atomic E-state index is 14.4. The molecule has 0 aliphatic rings. The van der Waals surface area contributed by atoms with Gasteiger partial charge in [0.05, 0.1) is 13.7 Å². The molecule has 0 N–H and O–H groups in total. The van der Waals surface area contributed by atoms with E-state index in [2.05, 4.69) is 39.8 Å². The lowest BCUT2D eigenvalue weighted by Gasteiger charge is -2.20. The van der Waals surface area contributed by atoms with Gasteiger partial charge in [0.2, 0.25) is 5.83 Å². The molecular weight excluding hydrogens is 407 g/mol. The van der Waals surface area contributed by atoms with Crippen LogP contribution in [0.5, 0.6) is 5.75 Å². The highest BCUT2D eigenvalue weighted by molar-refractivity contribution is 5.96. The predicted molar refractivity (Wildman–Crippen MR) is 127 cm³/mol. The van der Waals surface area contributed by atoms with E-state index in [-0.39, 0.29) is 12.2 Å². The normalized spacial score (nSPS) is 12.4. The molecule has 0 atom stereocenters. The minimum absolute atomic E-state index is 0.110. The van der Waals surface area contributed by atoms with Crippen LogP contribution in [0.3, 0.4) is 0 Å². The number of halogens is 1. The summed E-state index contributed by atoms with van der Waals surface area (Å²) in [7, 11) is 1.70. The molecule has 5 heteroatoms. The van der Waals surface area contributed by atoms with Crippen molar-refractivity contribution in [3.8, 4) is 16.9 Å². The number of hydrogen-bond donors (Lipinski definition) is 0. The summed E-state index contributed by atoms with van der Waals surface area (Å²) in [5.41, 5.74) is 5.13. The summed E-state index contributed by atoms with van der Waals surface area (Å²) in [5, 5.41) is 0.816. The molecule has 32 heavy (non-hydrogen) atoms. The summed E-state index contributed by atoms with van der Waals surface area (Å²) in [6.07, 6.45) is 0. The van der Waals surface area contributed by atoms with E-state index < -0.39 is 11.8 Å². The first kappa shape index (κ1) is 23.6. The second-order valence-electron chi connectivity index (χ2n) is 8.52. The molecule has 0 unspecified atom stereocenters. The van der Waals surface area contributed by atoms with Crippen molar-refractivity contribution >= 4 is 22.5 Å². The second kappa shape index (κ2) is 9.60. The molecule has 0 saturated carbocycles. The summed E-state index contributed by atoms with van der Waals surface area (Å²) in [5.74, 6) is -0.0858. The molecule has 4 nitrogen and oxygen atoms in total. The third-order valence-electron chi connectivity index (χ3n) is 5.61. The van der Waals surface area contributed by atoms with Gasteiger partial charge in [-0.25, -0.2) is 4.79 Å². The second-order valence-corrected chi connectivity index (χ2v) is 8.52. The van der Waals surface area contributed by atoms with Gasteiger partial charge in [0.15, 0.2) is 0 Å². The van der Waals surface area contributed by atoms with Crippen LogP contribution in [0, 0.1) is 0 Å². The molecule has 3 aromatic rings. The minimum atomic E-state index is -0.984. The third kappa shape index (κ3) is 4.57. The molecule has 0 aliphatic carbocycles. The van der Waals surface area contributed by atoms with Crippen molar-refractivity contribution in [3.63, 3.8) is 0 Å². The van der Waals surface area contributed by atoms with Crippen molar-refractivity contribution in [2.75, 3.05) is 13.7 Å². The largest absolute Gasteiger partial charge is 0.496 e. The molecule has 0 fully saturated rings. The Balaban J connectivity index is 2.14. The number of carbonyl (C=O) groups is 1. The Morgan fingerprint density at radius 3 is 2.38 bits per heavy atom. The van der Waals surface area contributed by atoms with Crippen LogP contribution in [0.1, 0.15) is 70.3 Å². The Bertz CT molecular complexity index is 1170. The van der Waals surface area contributed by atoms with E-state index in [1.807, 2.05) is 18.2 Å². The van der Waals surface area contributed by atoms with Crippen molar-refractivity contribution in [1.82, 2.24) is 0 Å². The molecule has 0 amide bonds. The zero-order valence-electron chi connectivity index (χ0n) is 19.8. The Labute approximate surface area is 189 Å². The monoisotopic (exact) mass is 438 g/mol. The topological polar surface area (TPSA) is 48.7 Å². The van der Waals surface area contributed by atoms with Crippen molar-refractivity contribution in [1.29, 1.82) is 0 Å². The maximum Gasteiger partial charge on any atom is 0.367 e. The Hall–Kier alpha value is -3.08. The number of benzene rings is 2. The molecule has 3 rings (SSSR count). The standard InChI is InChI=1S/C27H31FO4/c1-8-31-27(29)25(28)17(6)24-14-20-11-18(9-10-23(20)32-24)22-13-19(15(2)3)12-21(16(4)5)26(22)30-7/h9-16H,8H2,1-7H3. The average Bonchev–Trinajstić information content (AvgIpc) is 3.20. The summed E-state index contributed by atoms with van der Waals surface area (Å²) in [6, 6.07) is 12.0. The van der Waals surface area contributed by atoms with Crippen LogP contribution in [-0.2, 0) is 9.53 Å². The van der Waals surface area contributed by atoms with Gasteiger partial charge >= 0.3 is 5.97 Å². The van der Waals surface area contributed by atoms with Crippen molar-refractivity contribution < 1.29 is 23.1 Å². The number of carbonyl (C=O) groups excluding carboxylic acids is 1. The fourth-order valence-corrected chi connectivity index (χ4v) is 3.73. The molecule has 170 valence electrons. The molecule has 0 bridgehead atoms. The summed E-state index contributed by atoms with van der Waals surface area (Å²) < 4.78 is 30.8. The van der Waals surface area contributed by atoms with Crippen molar-refractivity contribution in [3.05, 3.63) is 59.1 Å². The molecule has 1 aromatic heterocycles. The number of methoxy groups -OCH3 is 1. The van der Waals surface area contributed by atoms with Crippen molar-refractivity contribution in [2.45, 2.75) is 53.4 Å². The van der Waals surface area contributed by atoms with Gasteiger partial charge < -0.3 is 13.9 Å². The van der Waals surface area contributed by atoms with Gasteiger partial charge in [-0.2, -0.15) is 4.39 Å². The third-order valence-corrected chi connectivity index (χ3v) is 5.61. The summed E-state index contributed by atoms with van der Waals surface area (Å²) in [6.45, 7) is 11.9. The first-order valence-corrected chi connectivity index (χ1v) is 11.0. The van der Waals surface area contributed by atoms with E-state index in [1.165, 1.54) is 12.5 Å². The molecule has 0 spiro atoms. The van der Waals surface area contributed by atoms with Gasteiger partial charge in [0.1, 0.15) is 17.1 Å². The van der Waals surface area contributed by atoms with E-state index in [1.54, 1.807) is 20.1 Å². The van der Waals surface area contributed by atoms with Gasteiger partial charge in [0, 0.05) is 16.5 Å². The molecule has 0 saturated heterocycles. The van der Waals surface area contributed by atoms with Gasteiger partial charge in [0.25, 0.3) is 0 Å². The SMILES string of the molecule is CCOC(=O)C(F)=C(C)c1cc2cc(-c3cc(C(C)C)cc(C(C)C)c3OC)ccc2o1. The lowest BCUT2D eigenvalue weighted by molar-refractivity contribution is -0.140. The smallest absolute Gasteiger partial charge is 0.367 e. The van der Waals surface area contributed by atoms with Crippen LogP contribution >= 0.6 is 0 Å². The summed E-state index contributed by atoms with van der Waals surface area (Å²) in [4.78, 5) is 11.7. The highest BCUT2D eigenvalue weighted by atomic mass is 19.1. The Kier molecular flexibility index (Phi) is 7.07. The predicted octanol–water partition coefficient (Wildman–Crippen LogP) is 7.62. The van der Waals surface area contributed by atoms with E-state index in [0.29, 0.717) is 23.2 Å². The molecular formula is C27H31FO4. The van der Waals surface area contributed by atoms with E-state index in [4.69, 9.17) is 13.9 Å². The molecule has 2 aromatic carbocycles. The van der Waals surface area contributed by atoms with Crippen molar-refractivity contribution in [2.24, 2.45) is 0 Å². The highest BCUT2D eigenvalue weighted by Crippen LogP contribution is 2.41. The minimum Gasteiger partial charge on any atom is -0.496 e.